The molecule has 2 heteroatoms. The molecule has 0 spiro atoms. The largest absolute Gasteiger partial charge is 0.490 e. The molecule has 2 nitrogen and oxygen atoms in total. The quantitative estimate of drug-likeness (QED) is 0.844. The van der Waals surface area contributed by atoms with Gasteiger partial charge in [-0.25, -0.2) is 0 Å². The third-order valence-corrected chi connectivity index (χ3v) is 4.31. The molecule has 0 amide bonds. The van der Waals surface area contributed by atoms with Gasteiger partial charge in [-0.15, -0.1) is 0 Å². The summed E-state index contributed by atoms with van der Waals surface area (Å²) in [4.78, 5) is 0. The van der Waals surface area contributed by atoms with Crippen LogP contribution in [-0.4, -0.2) is 13.2 Å². The minimum absolute atomic E-state index is 0.427. The normalized spacial score (nSPS) is 28.1. The van der Waals surface area contributed by atoms with E-state index >= 15 is 0 Å². The zero-order valence-electron chi connectivity index (χ0n) is 10.7. The molecule has 1 heterocycles. The van der Waals surface area contributed by atoms with Gasteiger partial charge in [-0.05, 0) is 38.8 Å². The monoisotopic (exact) mass is 231 g/mol. The van der Waals surface area contributed by atoms with Crippen LogP contribution in [0.5, 0.6) is 5.75 Å². The van der Waals surface area contributed by atoms with E-state index in [-0.39, 0.29) is 0 Å². The lowest BCUT2D eigenvalue weighted by Gasteiger charge is -2.40. The Balaban J connectivity index is 1.88. The summed E-state index contributed by atoms with van der Waals surface area (Å²) in [7, 11) is 2.06. The average Bonchev–Trinajstić information content (AvgIpc) is 2.26. The first-order valence-corrected chi connectivity index (χ1v) is 6.72. The smallest absolute Gasteiger partial charge is 0.124 e. The fourth-order valence-corrected chi connectivity index (χ4v) is 2.99. The van der Waals surface area contributed by atoms with E-state index in [4.69, 9.17) is 4.74 Å². The van der Waals surface area contributed by atoms with Crippen LogP contribution in [0.25, 0.3) is 0 Å². The molecule has 1 aromatic carbocycles. The van der Waals surface area contributed by atoms with Crippen LogP contribution < -0.4 is 10.1 Å². The maximum Gasteiger partial charge on any atom is 0.124 e. The van der Waals surface area contributed by atoms with E-state index < -0.39 is 0 Å². The summed E-state index contributed by atoms with van der Waals surface area (Å²) in [5, 5.41) is 3.44. The molecule has 1 aliphatic heterocycles. The number of hydrogen-bond acceptors (Lipinski definition) is 2. The predicted octanol–water partition coefficient (Wildman–Crippen LogP) is 3.21. The summed E-state index contributed by atoms with van der Waals surface area (Å²) in [5.74, 6) is 1.89. The molecule has 1 aliphatic carbocycles. The van der Waals surface area contributed by atoms with Crippen molar-refractivity contribution >= 4 is 0 Å². The number of ether oxygens (including phenoxy) is 1. The van der Waals surface area contributed by atoms with Crippen molar-refractivity contribution in [2.24, 2.45) is 5.92 Å². The number of aryl methyl sites for hydroxylation is 1. The van der Waals surface area contributed by atoms with Crippen LogP contribution in [0.15, 0.2) is 18.2 Å². The van der Waals surface area contributed by atoms with Gasteiger partial charge in [0, 0.05) is 18.0 Å². The zero-order chi connectivity index (χ0) is 11.8. The van der Waals surface area contributed by atoms with Crippen molar-refractivity contribution in [2.75, 3.05) is 7.05 Å². The molecule has 0 bridgehead atoms. The van der Waals surface area contributed by atoms with E-state index in [1.807, 2.05) is 0 Å². The molecular formula is C15H21NO. The maximum atomic E-state index is 6.18. The lowest BCUT2D eigenvalue weighted by Crippen LogP contribution is -2.39. The Hall–Kier alpha value is -1.02. The summed E-state index contributed by atoms with van der Waals surface area (Å²) in [6.45, 7) is 2.14. The van der Waals surface area contributed by atoms with Crippen molar-refractivity contribution in [1.82, 2.24) is 5.32 Å². The molecule has 0 aromatic heterocycles. The molecule has 2 unspecified atom stereocenters. The molecular weight excluding hydrogens is 210 g/mol. The lowest BCUT2D eigenvalue weighted by molar-refractivity contribution is 0.0541. The Bertz CT molecular complexity index is 411. The van der Waals surface area contributed by atoms with Crippen LogP contribution in [0.4, 0.5) is 0 Å². The molecule has 2 aliphatic rings. The van der Waals surface area contributed by atoms with E-state index in [0.29, 0.717) is 12.1 Å². The Morgan fingerprint density at radius 3 is 2.76 bits per heavy atom. The van der Waals surface area contributed by atoms with Crippen LogP contribution in [-0.2, 0) is 0 Å². The first-order chi connectivity index (χ1) is 8.28. The van der Waals surface area contributed by atoms with Gasteiger partial charge in [0.05, 0.1) is 0 Å². The predicted molar refractivity (Wildman–Crippen MR) is 69.4 cm³/mol. The average molecular weight is 231 g/mol. The summed E-state index contributed by atoms with van der Waals surface area (Å²) in [6.07, 6.45) is 5.63. The first kappa shape index (κ1) is 11.1. The molecule has 17 heavy (non-hydrogen) atoms. The molecule has 1 N–H and O–H groups in total. The summed E-state index contributed by atoms with van der Waals surface area (Å²) in [6, 6.07) is 7.01. The van der Waals surface area contributed by atoms with Gasteiger partial charge in [0.25, 0.3) is 0 Å². The molecule has 0 saturated heterocycles. The van der Waals surface area contributed by atoms with Gasteiger partial charge in [0.2, 0.25) is 0 Å². The van der Waals surface area contributed by atoms with Crippen molar-refractivity contribution in [1.29, 1.82) is 0 Å². The van der Waals surface area contributed by atoms with Gasteiger partial charge < -0.3 is 10.1 Å². The topological polar surface area (TPSA) is 21.3 Å². The number of fused-ring (bicyclic) bond motifs is 1. The van der Waals surface area contributed by atoms with E-state index in [1.54, 1.807) is 0 Å². The second-order valence-electron chi connectivity index (χ2n) is 5.47. The lowest BCUT2D eigenvalue weighted by atomic mass is 9.77. The van der Waals surface area contributed by atoms with Crippen LogP contribution in [0.2, 0.25) is 0 Å². The second kappa shape index (κ2) is 4.34. The Morgan fingerprint density at radius 1 is 1.29 bits per heavy atom. The van der Waals surface area contributed by atoms with Crippen LogP contribution in [0.3, 0.4) is 0 Å². The molecule has 1 saturated carbocycles. The molecule has 1 aromatic rings. The van der Waals surface area contributed by atoms with Crippen molar-refractivity contribution in [3.63, 3.8) is 0 Å². The van der Waals surface area contributed by atoms with Gasteiger partial charge in [-0.3, -0.25) is 0 Å². The van der Waals surface area contributed by atoms with Crippen LogP contribution in [0, 0.1) is 12.8 Å². The van der Waals surface area contributed by atoms with E-state index in [2.05, 4.69) is 37.5 Å². The SMILES string of the molecule is CNC1CC(C2CCC2)Oc2ccc(C)cc21. The maximum absolute atomic E-state index is 6.18. The molecule has 2 atom stereocenters. The molecule has 92 valence electrons. The fourth-order valence-electron chi connectivity index (χ4n) is 2.99. The standard InChI is InChI=1S/C15H21NO/c1-10-6-7-14-12(8-10)13(16-2)9-15(17-14)11-4-3-5-11/h6-8,11,13,15-16H,3-5,9H2,1-2H3. The highest BCUT2D eigenvalue weighted by Crippen LogP contribution is 2.42. The highest BCUT2D eigenvalue weighted by molar-refractivity contribution is 5.41. The van der Waals surface area contributed by atoms with Crippen molar-refractivity contribution < 1.29 is 4.74 Å². The van der Waals surface area contributed by atoms with Crippen molar-refractivity contribution in [3.8, 4) is 5.75 Å². The van der Waals surface area contributed by atoms with E-state index in [0.717, 1.165) is 18.1 Å². The summed E-state index contributed by atoms with van der Waals surface area (Å²) >= 11 is 0. The zero-order valence-corrected chi connectivity index (χ0v) is 10.7. The van der Waals surface area contributed by atoms with E-state index in [9.17, 15) is 0 Å². The van der Waals surface area contributed by atoms with E-state index in [1.165, 1.54) is 30.4 Å². The number of benzene rings is 1. The molecule has 3 rings (SSSR count). The van der Waals surface area contributed by atoms with Crippen LogP contribution >= 0.6 is 0 Å². The van der Waals surface area contributed by atoms with Gasteiger partial charge in [0.15, 0.2) is 0 Å². The Morgan fingerprint density at radius 2 is 2.12 bits per heavy atom. The van der Waals surface area contributed by atoms with Crippen LogP contribution in [0.1, 0.15) is 42.9 Å². The third kappa shape index (κ3) is 1.95. The number of rotatable bonds is 2. The number of hydrogen-bond donors (Lipinski definition) is 1. The summed E-state index contributed by atoms with van der Waals surface area (Å²) < 4.78 is 6.18. The molecule has 0 radical (unpaired) electrons. The fraction of sp³-hybridized carbons (Fsp3) is 0.600. The highest BCUT2D eigenvalue weighted by Gasteiger charge is 2.35. The number of nitrogens with one attached hydrogen (secondary N) is 1. The molecule has 1 fully saturated rings. The van der Waals surface area contributed by atoms with Gasteiger partial charge in [-0.1, -0.05) is 24.1 Å². The van der Waals surface area contributed by atoms with Gasteiger partial charge >= 0.3 is 0 Å². The third-order valence-electron chi connectivity index (χ3n) is 4.31. The minimum atomic E-state index is 0.427. The highest BCUT2D eigenvalue weighted by atomic mass is 16.5. The van der Waals surface area contributed by atoms with Crippen molar-refractivity contribution in [2.45, 2.75) is 44.8 Å². The Kier molecular flexibility index (Phi) is 2.83. The Labute approximate surface area is 103 Å². The minimum Gasteiger partial charge on any atom is -0.490 e. The van der Waals surface area contributed by atoms with Crippen molar-refractivity contribution in [3.05, 3.63) is 29.3 Å². The van der Waals surface area contributed by atoms with Gasteiger partial charge in [-0.2, -0.15) is 0 Å². The second-order valence-corrected chi connectivity index (χ2v) is 5.47. The van der Waals surface area contributed by atoms with Gasteiger partial charge in [0.1, 0.15) is 11.9 Å². The summed E-state index contributed by atoms with van der Waals surface area (Å²) in [5.41, 5.74) is 2.65. The first-order valence-electron chi connectivity index (χ1n) is 6.72.